The van der Waals surface area contributed by atoms with Crippen molar-refractivity contribution in [1.29, 1.82) is 0 Å². The van der Waals surface area contributed by atoms with Crippen molar-refractivity contribution < 1.29 is 51.0 Å². The first-order valence-corrected chi connectivity index (χ1v) is 5.58. The van der Waals surface area contributed by atoms with Gasteiger partial charge in [0.05, 0.1) is 0 Å². The van der Waals surface area contributed by atoms with Crippen LogP contribution in [0.5, 0.6) is 0 Å². The first-order chi connectivity index (χ1) is 8.07. The van der Waals surface area contributed by atoms with Crippen LogP contribution in [0, 0.1) is 0 Å². The molecule has 18 heavy (non-hydrogen) atoms. The Morgan fingerprint density at radius 3 is 2.50 bits per heavy atom. The number of hydrogen-bond acceptors (Lipinski definition) is 8. The minimum atomic E-state index is -6.06. The summed E-state index contributed by atoms with van der Waals surface area (Å²) in [7, 11) is -6.06. The monoisotopic (exact) mass is 292 g/mol. The topological polar surface area (TPSA) is 136 Å². The van der Waals surface area contributed by atoms with Crippen LogP contribution in [-0.2, 0) is 34.2 Å². The lowest BCUT2D eigenvalue weighted by Crippen LogP contribution is -2.50. The smallest absolute Gasteiger partial charge is 0.442 e. The number of carbonyl (C=O) groups excluding carboxylic acids is 2. The summed E-state index contributed by atoms with van der Waals surface area (Å²) in [5.41, 5.74) is 0. The molecule has 1 saturated heterocycles. The molecule has 2 unspecified atom stereocenters. The van der Waals surface area contributed by atoms with E-state index in [1.807, 2.05) is 0 Å². The number of aliphatic hydroxyl groups is 1. The van der Waals surface area contributed by atoms with Crippen molar-refractivity contribution in [1.82, 2.24) is 0 Å². The number of esters is 1. The zero-order valence-electron chi connectivity index (χ0n) is 8.28. The van der Waals surface area contributed by atoms with Crippen molar-refractivity contribution in [2.24, 2.45) is 0 Å². The van der Waals surface area contributed by atoms with Crippen molar-refractivity contribution >= 4 is 22.1 Å². The van der Waals surface area contributed by atoms with Crippen molar-refractivity contribution in [3.63, 3.8) is 0 Å². The molecule has 0 radical (unpaired) electrons. The largest absolute Gasteiger partial charge is 0.465 e. The second-order valence-electron chi connectivity index (χ2n) is 3.07. The van der Waals surface area contributed by atoms with Crippen molar-refractivity contribution in [2.75, 3.05) is 6.61 Å². The van der Waals surface area contributed by atoms with Crippen molar-refractivity contribution in [3.8, 4) is 0 Å². The molecule has 0 aromatic carbocycles. The summed E-state index contributed by atoms with van der Waals surface area (Å²) in [6.07, 6.45) is -3.99. The molecule has 2 atom stereocenters. The highest BCUT2D eigenvalue weighted by Gasteiger charge is 2.56. The van der Waals surface area contributed by atoms with Crippen LogP contribution >= 0.6 is 0 Å². The molecule has 0 aliphatic carbocycles. The maximum absolute atomic E-state index is 12.8. The Bertz CT molecular complexity index is 458. The number of halogens is 2. The van der Waals surface area contributed by atoms with E-state index < -0.39 is 46.1 Å². The van der Waals surface area contributed by atoms with Gasteiger partial charge in [-0.05, 0) is 0 Å². The number of aliphatic hydroxyl groups excluding tert-OH is 1. The lowest BCUT2D eigenvalue weighted by Gasteiger charge is -2.25. The van der Waals surface area contributed by atoms with E-state index in [1.165, 1.54) is 0 Å². The van der Waals surface area contributed by atoms with Gasteiger partial charge in [0.15, 0.2) is 0 Å². The van der Waals surface area contributed by atoms with Gasteiger partial charge >= 0.3 is 27.3 Å². The van der Waals surface area contributed by atoms with Gasteiger partial charge in [-0.3, -0.25) is 9.44 Å². The minimum absolute atomic E-state index is 0.666. The molecule has 2 N–H and O–H groups in total. The molecule has 1 fully saturated rings. The third kappa shape index (κ3) is 2.72. The van der Waals surface area contributed by atoms with E-state index in [4.69, 9.17) is 9.66 Å². The van der Waals surface area contributed by atoms with Gasteiger partial charge in [-0.25, -0.2) is 9.59 Å². The highest BCUT2D eigenvalue weighted by molar-refractivity contribution is 7.87. The van der Waals surface area contributed by atoms with Crippen LogP contribution < -0.4 is 0 Å². The van der Waals surface area contributed by atoms with E-state index in [2.05, 4.69) is 14.5 Å². The molecular weight excluding hydrogens is 286 g/mol. The summed E-state index contributed by atoms with van der Waals surface area (Å²) in [6, 6.07) is 0. The summed E-state index contributed by atoms with van der Waals surface area (Å²) >= 11 is 0. The fraction of sp³-hybridized carbons (Fsp3) is 0.667. The van der Waals surface area contributed by atoms with Gasteiger partial charge < -0.3 is 9.84 Å². The highest BCUT2D eigenvalue weighted by Crippen LogP contribution is 2.24. The number of carbonyl (C=O) groups is 2. The Balaban J connectivity index is 2.85. The highest BCUT2D eigenvalue weighted by atomic mass is 32.2. The van der Waals surface area contributed by atoms with Crippen LogP contribution in [0.3, 0.4) is 0 Å². The zero-order valence-corrected chi connectivity index (χ0v) is 9.09. The first kappa shape index (κ1) is 14.7. The first-order valence-electron chi connectivity index (χ1n) is 4.14. The van der Waals surface area contributed by atoms with Crippen LogP contribution in [-0.4, -0.2) is 54.1 Å². The van der Waals surface area contributed by atoms with E-state index in [1.54, 1.807) is 0 Å². The van der Waals surface area contributed by atoms with Crippen LogP contribution in [0.25, 0.3) is 0 Å². The molecule has 1 aliphatic rings. The maximum atomic E-state index is 12.8. The second kappa shape index (κ2) is 4.72. The van der Waals surface area contributed by atoms with Gasteiger partial charge in [0, 0.05) is 0 Å². The summed E-state index contributed by atoms with van der Waals surface area (Å²) in [4.78, 5) is 29.5. The van der Waals surface area contributed by atoms with Crippen LogP contribution in [0.4, 0.5) is 8.78 Å². The molecule has 0 aromatic heterocycles. The Kier molecular flexibility index (Phi) is 3.85. The number of rotatable bonds is 3. The molecule has 9 nitrogen and oxygen atoms in total. The standard InChI is InChI=1S/C6H6F2O9S/c7-6(8,18(12,13)14)5(11)16-3-2(9)1-15-17-4(3)10/h2-3,9H,1H2,(H,12,13,14). The van der Waals surface area contributed by atoms with Crippen LogP contribution in [0.2, 0.25) is 0 Å². The lowest BCUT2D eigenvalue weighted by atomic mass is 10.2. The molecule has 12 heteroatoms. The molecule has 1 aliphatic heterocycles. The fourth-order valence-electron chi connectivity index (χ4n) is 0.870. The van der Waals surface area contributed by atoms with Gasteiger partial charge in [-0.1, -0.05) is 0 Å². The SMILES string of the molecule is O=C1OOCC(O)C1OC(=O)C(F)(F)S(=O)(=O)O. The molecular formula is C6H6F2O9S. The summed E-state index contributed by atoms with van der Waals surface area (Å²) in [5, 5.41) is 3.82. The predicted molar refractivity (Wildman–Crippen MR) is 44.4 cm³/mol. The summed E-state index contributed by atoms with van der Waals surface area (Å²) < 4.78 is 57.8. The summed E-state index contributed by atoms with van der Waals surface area (Å²) in [5.74, 6) is -4.24. The van der Waals surface area contributed by atoms with Gasteiger partial charge in [0.2, 0.25) is 6.10 Å². The Morgan fingerprint density at radius 2 is 2.06 bits per heavy atom. The molecule has 0 amide bonds. The van der Waals surface area contributed by atoms with Crippen molar-refractivity contribution in [3.05, 3.63) is 0 Å². The van der Waals surface area contributed by atoms with E-state index in [-0.39, 0.29) is 0 Å². The second-order valence-corrected chi connectivity index (χ2v) is 4.53. The fourth-order valence-corrected chi connectivity index (χ4v) is 1.13. The van der Waals surface area contributed by atoms with Gasteiger partial charge in [-0.15, -0.1) is 0 Å². The quantitative estimate of drug-likeness (QED) is 0.351. The molecule has 0 spiro atoms. The Hall–Kier alpha value is -1.37. The Morgan fingerprint density at radius 1 is 1.50 bits per heavy atom. The number of ether oxygens (including phenoxy) is 1. The van der Waals surface area contributed by atoms with Crippen LogP contribution in [0.15, 0.2) is 0 Å². The van der Waals surface area contributed by atoms with E-state index in [0.717, 1.165) is 0 Å². The maximum Gasteiger partial charge on any atom is 0.465 e. The predicted octanol–water partition coefficient (Wildman–Crippen LogP) is -1.77. The van der Waals surface area contributed by atoms with E-state index >= 15 is 0 Å². The van der Waals surface area contributed by atoms with Gasteiger partial charge in [0.1, 0.15) is 12.7 Å². The third-order valence-electron chi connectivity index (χ3n) is 1.76. The average Bonchev–Trinajstić information content (AvgIpc) is 2.21. The van der Waals surface area contributed by atoms with Crippen molar-refractivity contribution in [2.45, 2.75) is 17.5 Å². The molecule has 0 bridgehead atoms. The number of alkyl halides is 2. The third-order valence-corrected chi connectivity index (χ3v) is 2.57. The molecule has 104 valence electrons. The van der Waals surface area contributed by atoms with Gasteiger partial charge in [0.25, 0.3) is 0 Å². The molecule has 0 saturated carbocycles. The van der Waals surface area contributed by atoms with Gasteiger partial charge in [-0.2, -0.15) is 22.1 Å². The molecule has 0 aromatic rings. The van der Waals surface area contributed by atoms with Crippen LogP contribution in [0.1, 0.15) is 0 Å². The summed E-state index contributed by atoms with van der Waals surface area (Å²) in [6.45, 7) is -0.666. The molecule has 1 rings (SSSR count). The molecule has 1 heterocycles. The van der Waals surface area contributed by atoms with E-state index in [9.17, 15) is 26.8 Å². The zero-order chi connectivity index (χ0) is 14.1. The lowest BCUT2D eigenvalue weighted by molar-refractivity contribution is -0.316. The normalized spacial score (nSPS) is 25.4. The van der Waals surface area contributed by atoms with E-state index in [0.29, 0.717) is 0 Å². The number of hydrogen-bond donors (Lipinski definition) is 2. The average molecular weight is 292 g/mol. The Labute approximate surface area is 97.9 Å². The minimum Gasteiger partial charge on any atom is -0.442 e.